The molecule has 0 bridgehead atoms. The number of nitro groups is 1. The molecule has 0 aliphatic carbocycles. The zero-order valence-electron chi connectivity index (χ0n) is 13.4. The molecule has 0 rings (SSSR count). The summed E-state index contributed by atoms with van der Waals surface area (Å²) in [6.07, 6.45) is -0.647. The van der Waals surface area contributed by atoms with Crippen molar-refractivity contribution in [3.63, 3.8) is 0 Å². The number of rotatable bonds is 4. The molecule has 0 spiro atoms. The Kier molecular flexibility index (Phi) is 1.59. The van der Waals surface area contributed by atoms with E-state index < -0.39 is 42.7 Å². The van der Waals surface area contributed by atoms with Gasteiger partial charge in [0.1, 0.15) is 0 Å². The fourth-order valence-corrected chi connectivity index (χ4v) is 0.729. The van der Waals surface area contributed by atoms with Gasteiger partial charge in [-0.3, -0.25) is 14.9 Å². The number of hydrogen-bond acceptors (Lipinski definition) is 4. The average molecular weight is 195 g/mol. The first-order valence-electron chi connectivity index (χ1n) is 6.54. The molecule has 0 N–H and O–H groups in total. The van der Waals surface area contributed by atoms with Gasteiger partial charge in [-0.25, -0.2) is 0 Å². The van der Waals surface area contributed by atoms with Gasteiger partial charge in [0.2, 0.25) is 5.54 Å². The summed E-state index contributed by atoms with van der Waals surface area (Å²) in [5.74, 6) is -3.36. The van der Waals surface area contributed by atoms with Gasteiger partial charge in [0, 0.05) is 29.3 Å². The lowest BCUT2D eigenvalue weighted by molar-refractivity contribution is -0.562. The highest BCUT2D eigenvalue weighted by Crippen LogP contribution is 2.20. The molecule has 0 saturated carbocycles. The van der Waals surface area contributed by atoms with Crippen molar-refractivity contribution in [2.45, 2.75) is 32.7 Å². The molecule has 0 heterocycles. The molecule has 0 aromatic carbocycles. The third kappa shape index (κ3) is 3.40. The summed E-state index contributed by atoms with van der Waals surface area (Å²) in [5, 5.41) is 10.7. The molecule has 0 aliphatic rings. The van der Waals surface area contributed by atoms with Crippen LogP contribution in [0.15, 0.2) is 0 Å². The van der Waals surface area contributed by atoms with E-state index in [0.29, 0.717) is 0 Å². The monoisotopic (exact) mass is 195 g/mol. The van der Waals surface area contributed by atoms with Crippen LogP contribution >= 0.6 is 0 Å². The number of esters is 1. The van der Waals surface area contributed by atoms with Gasteiger partial charge in [0.15, 0.2) is 0 Å². The van der Waals surface area contributed by atoms with E-state index in [1.54, 1.807) is 0 Å². The van der Waals surface area contributed by atoms with E-state index >= 15 is 0 Å². The van der Waals surface area contributed by atoms with Gasteiger partial charge in [-0.1, -0.05) is 6.85 Å². The molecule has 0 amide bonds. The molecule has 0 radical (unpaired) electrons. The van der Waals surface area contributed by atoms with Crippen LogP contribution in [0, 0.1) is 16.0 Å². The van der Waals surface area contributed by atoms with E-state index in [1.165, 1.54) is 0 Å². The fraction of sp³-hybridized carbons (Fsp3) is 0.875. The molecule has 0 saturated heterocycles. The van der Waals surface area contributed by atoms with Gasteiger partial charge in [0.25, 0.3) is 0 Å². The van der Waals surface area contributed by atoms with E-state index in [0.717, 1.165) is 13.8 Å². The van der Waals surface area contributed by atoms with Gasteiger partial charge in [-0.05, 0) is 0 Å². The molecule has 0 aromatic heterocycles. The van der Waals surface area contributed by atoms with Crippen molar-refractivity contribution in [3.05, 3.63) is 10.1 Å². The first-order valence-corrected chi connectivity index (χ1v) is 3.54. The van der Waals surface area contributed by atoms with Crippen molar-refractivity contribution >= 4 is 5.97 Å². The summed E-state index contributed by atoms with van der Waals surface area (Å²) in [7, 11) is -3.08. The number of ether oxygens (including phenoxy) is 1. The number of hydrogen-bond donors (Lipinski definition) is 0. The Morgan fingerprint density at radius 1 is 1.77 bits per heavy atom. The van der Waals surface area contributed by atoms with Crippen molar-refractivity contribution in [2.75, 3.05) is 7.04 Å². The topological polar surface area (TPSA) is 69.4 Å². The second-order valence-electron chi connectivity index (χ2n) is 3.25. The molecule has 76 valence electrons. The van der Waals surface area contributed by atoms with Crippen molar-refractivity contribution in [1.29, 1.82) is 0 Å². The van der Waals surface area contributed by atoms with Crippen molar-refractivity contribution < 1.29 is 22.7 Å². The Morgan fingerprint density at radius 2 is 2.38 bits per heavy atom. The molecular formula is C8H15NO4. The second-order valence-corrected chi connectivity index (χ2v) is 3.25. The minimum atomic E-state index is -3.08. The minimum Gasteiger partial charge on any atom is -0.469 e. The SMILES string of the molecule is [2H]C([2H])([2H])OC(=O)[C@H](CC(C)(C)[N+](=O)[O-])C([2H])([2H])[2H]. The molecular weight excluding hydrogens is 174 g/mol. The van der Waals surface area contributed by atoms with Crippen LogP contribution in [0.2, 0.25) is 0 Å². The lowest BCUT2D eigenvalue weighted by Crippen LogP contribution is -2.35. The summed E-state index contributed by atoms with van der Waals surface area (Å²) < 4.78 is 45.8. The molecule has 0 aromatic rings. The summed E-state index contributed by atoms with van der Waals surface area (Å²) in [6.45, 7) is -0.585. The van der Waals surface area contributed by atoms with Crippen LogP contribution in [0.3, 0.4) is 0 Å². The van der Waals surface area contributed by atoms with Gasteiger partial charge < -0.3 is 4.74 Å². The number of carbonyl (C=O) groups excluding carboxylic acids is 1. The Hall–Kier alpha value is -1.13. The third-order valence-electron chi connectivity index (χ3n) is 1.58. The molecule has 13 heavy (non-hydrogen) atoms. The molecule has 0 fully saturated rings. The van der Waals surface area contributed by atoms with Gasteiger partial charge in [-0.2, -0.15) is 0 Å². The first kappa shape index (κ1) is 4.93. The van der Waals surface area contributed by atoms with Gasteiger partial charge in [0.05, 0.1) is 17.1 Å². The van der Waals surface area contributed by atoms with E-state index in [1.807, 2.05) is 0 Å². The molecule has 1 atom stereocenters. The fourth-order valence-electron chi connectivity index (χ4n) is 0.729. The maximum absolute atomic E-state index is 11.5. The molecule has 5 nitrogen and oxygen atoms in total. The van der Waals surface area contributed by atoms with E-state index in [9.17, 15) is 14.9 Å². The standard InChI is InChI=1S/C8H15NO4/c1-6(7(10)13-4)5-8(2,3)9(11)12/h6H,5H2,1-4H3/t6-/m0/s1/i1D3,4D3. The minimum absolute atomic E-state index is 0.647. The van der Waals surface area contributed by atoms with E-state index in [-0.39, 0.29) is 0 Å². The smallest absolute Gasteiger partial charge is 0.308 e. The lowest BCUT2D eigenvalue weighted by Gasteiger charge is -2.18. The highest BCUT2D eigenvalue weighted by molar-refractivity contribution is 5.71. The Bertz CT molecular complexity index is 361. The average Bonchev–Trinajstić information content (AvgIpc) is 2.09. The first-order chi connectivity index (χ1) is 8.17. The van der Waals surface area contributed by atoms with Crippen molar-refractivity contribution in [3.8, 4) is 0 Å². The van der Waals surface area contributed by atoms with Crippen molar-refractivity contribution in [2.24, 2.45) is 5.92 Å². The normalized spacial score (nSPS) is 22.3. The lowest BCUT2D eigenvalue weighted by atomic mass is 9.92. The van der Waals surface area contributed by atoms with Crippen LogP contribution in [0.5, 0.6) is 0 Å². The number of methoxy groups -OCH3 is 1. The summed E-state index contributed by atoms with van der Waals surface area (Å²) in [6, 6.07) is 0. The third-order valence-corrected chi connectivity index (χ3v) is 1.58. The summed E-state index contributed by atoms with van der Waals surface area (Å²) in [5.41, 5.74) is -1.69. The maximum atomic E-state index is 11.5. The van der Waals surface area contributed by atoms with E-state index in [2.05, 4.69) is 4.74 Å². The quantitative estimate of drug-likeness (QED) is 0.384. The van der Waals surface area contributed by atoms with Crippen LogP contribution in [-0.2, 0) is 9.53 Å². The predicted octanol–water partition coefficient (Wildman–Crippen LogP) is 1.24. The number of carbonyl (C=O) groups is 1. The largest absolute Gasteiger partial charge is 0.469 e. The molecule has 0 aliphatic heterocycles. The van der Waals surface area contributed by atoms with Crippen LogP contribution in [0.1, 0.15) is 35.3 Å². The van der Waals surface area contributed by atoms with Crippen LogP contribution in [0.25, 0.3) is 0 Å². The zero-order valence-corrected chi connectivity index (χ0v) is 7.36. The van der Waals surface area contributed by atoms with Crippen LogP contribution < -0.4 is 0 Å². The Balaban J connectivity index is 5.16. The van der Waals surface area contributed by atoms with Crippen molar-refractivity contribution in [1.82, 2.24) is 0 Å². The zero-order chi connectivity index (χ0) is 15.6. The maximum Gasteiger partial charge on any atom is 0.308 e. The second kappa shape index (κ2) is 4.20. The van der Waals surface area contributed by atoms with E-state index in [4.69, 9.17) is 8.22 Å². The highest BCUT2D eigenvalue weighted by atomic mass is 16.6. The van der Waals surface area contributed by atoms with Gasteiger partial charge in [-0.15, -0.1) is 0 Å². The highest BCUT2D eigenvalue weighted by Gasteiger charge is 2.35. The van der Waals surface area contributed by atoms with Gasteiger partial charge >= 0.3 is 5.97 Å². The Morgan fingerprint density at radius 3 is 2.77 bits per heavy atom. The molecule has 5 heteroatoms. The summed E-state index contributed by atoms with van der Waals surface area (Å²) >= 11 is 0. The van der Waals surface area contributed by atoms with Crippen LogP contribution in [0.4, 0.5) is 0 Å². The Labute approximate surface area is 85.7 Å². The molecule has 0 unspecified atom stereocenters. The predicted molar refractivity (Wildman–Crippen MR) is 46.9 cm³/mol. The van der Waals surface area contributed by atoms with Crippen LogP contribution in [-0.4, -0.2) is 23.5 Å². The summed E-state index contributed by atoms with van der Waals surface area (Å²) in [4.78, 5) is 21.6. The number of nitrogens with zero attached hydrogens (tertiary/aromatic N) is 1.